The highest BCUT2D eigenvalue weighted by Crippen LogP contribution is 2.26. The first-order chi connectivity index (χ1) is 8.86. The van der Waals surface area contributed by atoms with Crippen molar-refractivity contribution < 1.29 is 0 Å². The fraction of sp³-hybridized carbons (Fsp3) is 0.647. The van der Waals surface area contributed by atoms with E-state index < -0.39 is 0 Å². The van der Waals surface area contributed by atoms with Gasteiger partial charge >= 0.3 is 0 Å². The molecular weight excluding hydrogens is 232 g/mol. The van der Waals surface area contributed by atoms with Crippen LogP contribution in [0.1, 0.15) is 45.2 Å². The summed E-state index contributed by atoms with van der Waals surface area (Å²) in [6, 6.07) is 7.50. The minimum atomic E-state index is 0.253. The molecule has 0 aliphatic rings. The highest BCUT2D eigenvalue weighted by Gasteiger charge is 2.17. The van der Waals surface area contributed by atoms with Gasteiger partial charge in [0, 0.05) is 24.8 Å². The van der Waals surface area contributed by atoms with Crippen LogP contribution in [0.15, 0.2) is 18.2 Å². The summed E-state index contributed by atoms with van der Waals surface area (Å²) in [5.41, 5.74) is 10.2. The minimum absolute atomic E-state index is 0.253. The lowest BCUT2D eigenvalue weighted by molar-refractivity contribution is 0.504. The molecule has 0 saturated heterocycles. The Balaban J connectivity index is 3.05. The van der Waals surface area contributed by atoms with Gasteiger partial charge in [0.05, 0.1) is 0 Å². The number of benzene rings is 1. The molecule has 0 amide bonds. The second kappa shape index (κ2) is 6.95. The van der Waals surface area contributed by atoms with E-state index in [1.54, 1.807) is 0 Å². The molecule has 0 radical (unpaired) electrons. The first-order valence-electron chi connectivity index (χ1n) is 7.44. The predicted octanol–water partition coefficient (Wildman–Crippen LogP) is 3.76. The second-order valence-corrected chi connectivity index (χ2v) is 6.10. The summed E-state index contributed by atoms with van der Waals surface area (Å²) in [5.74, 6) is 0.638. The van der Waals surface area contributed by atoms with E-state index in [1.807, 2.05) is 0 Å². The van der Waals surface area contributed by atoms with Gasteiger partial charge in [-0.05, 0) is 44.2 Å². The van der Waals surface area contributed by atoms with Crippen molar-refractivity contribution in [1.82, 2.24) is 0 Å². The topological polar surface area (TPSA) is 29.3 Å². The summed E-state index contributed by atoms with van der Waals surface area (Å²) in [7, 11) is 2.19. The highest BCUT2D eigenvalue weighted by molar-refractivity contribution is 5.55. The van der Waals surface area contributed by atoms with Crippen LogP contribution in [0.4, 0.5) is 5.69 Å². The van der Waals surface area contributed by atoms with Gasteiger partial charge in [-0.15, -0.1) is 0 Å². The Morgan fingerprint density at radius 2 is 1.84 bits per heavy atom. The van der Waals surface area contributed by atoms with Crippen LogP contribution < -0.4 is 10.6 Å². The number of nitrogens with two attached hydrogens (primary N) is 1. The quantitative estimate of drug-likeness (QED) is 0.846. The maximum atomic E-state index is 6.14. The third-order valence-corrected chi connectivity index (χ3v) is 4.20. The molecule has 2 N–H and O–H groups in total. The van der Waals surface area contributed by atoms with Gasteiger partial charge in [0.1, 0.15) is 0 Å². The number of aryl methyl sites for hydroxylation is 1. The number of anilines is 1. The monoisotopic (exact) mass is 262 g/mol. The van der Waals surface area contributed by atoms with Gasteiger partial charge in [-0.2, -0.15) is 0 Å². The lowest BCUT2D eigenvalue weighted by Crippen LogP contribution is -2.34. The Kier molecular flexibility index (Phi) is 5.86. The molecule has 0 bridgehead atoms. The molecule has 0 aliphatic carbocycles. The Hall–Kier alpha value is -1.02. The van der Waals surface area contributed by atoms with Gasteiger partial charge in [0.15, 0.2) is 0 Å². The average molecular weight is 262 g/mol. The maximum Gasteiger partial charge on any atom is 0.0399 e. The average Bonchev–Trinajstić information content (AvgIpc) is 2.37. The van der Waals surface area contributed by atoms with Crippen molar-refractivity contribution in [3.63, 3.8) is 0 Å². The lowest BCUT2D eigenvalue weighted by Gasteiger charge is -2.32. The van der Waals surface area contributed by atoms with Crippen LogP contribution in [-0.4, -0.2) is 19.1 Å². The smallest absolute Gasteiger partial charge is 0.0399 e. The van der Waals surface area contributed by atoms with E-state index in [0.29, 0.717) is 12.0 Å². The molecule has 0 saturated carbocycles. The molecule has 0 aromatic heterocycles. The normalized spacial score (nSPS) is 14.5. The Labute approximate surface area is 119 Å². The number of nitrogens with zero attached hydrogens (tertiary/aromatic N) is 1. The van der Waals surface area contributed by atoms with Crippen LogP contribution in [0.2, 0.25) is 0 Å². The van der Waals surface area contributed by atoms with E-state index in [2.05, 4.69) is 64.8 Å². The summed E-state index contributed by atoms with van der Waals surface area (Å²) in [6.45, 7) is 11.1. The summed E-state index contributed by atoms with van der Waals surface area (Å²) in [5, 5.41) is 0. The first-order valence-corrected chi connectivity index (χ1v) is 7.44. The van der Waals surface area contributed by atoms with Crippen molar-refractivity contribution in [2.45, 2.75) is 59.5 Å². The lowest BCUT2D eigenvalue weighted by atomic mass is 9.98. The van der Waals surface area contributed by atoms with Gasteiger partial charge in [-0.25, -0.2) is 0 Å². The van der Waals surface area contributed by atoms with Gasteiger partial charge in [-0.3, -0.25) is 0 Å². The zero-order valence-corrected chi connectivity index (χ0v) is 13.4. The van der Waals surface area contributed by atoms with Gasteiger partial charge in [-0.1, -0.05) is 38.5 Å². The van der Waals surface area contributed by atoms with E-state index in [0.717, 1.165) is 12.8 Å². The number of hydrogen-bond acceptors (Lipinski definition) is 2. The SMILES string of the molecule is CCC(N)Cc1cc(C)ccc1N(C)C(C)C(C)C. The Bertz CT molecular complexity index is 398. The number of hydrogen-bond donors (Lipinski definition) is 1. The molecule has 0 heterocycles. The molecule has 2 heteroatoms. The Morgan fingerprint density at radius 3 is 2.37 bits per heavy atom. The van der Waals surface area contributed by atoms with Crippen LogP contribution in [-0.2, 0) is 6.42 Å². The molecule has 2 unspecified atom stereocenters. The molecule has 0 spiro atoms. The van der Waals surface area contributed by atoms with Crippen molar-refractivity contribution in [3.05, 3.63) is 29.3 Å². The molecule has 108 valence electrons. The molecule has 2 atom stereocenters. The molecule has 19 heavy (non-hydrogen) atoms. The standard InChI is InChI=1S/C17H30N2/c1-7-16(18)11-15-10-13(4)8-9-17(15)19(6)14(5)12(2)3/h8-10,12,14,16H,7,11,18H2,1-6H3. The van der Waals surface area contributed by atoms with Crippen LogP contribution in [0.25, 0.3) is 0 Å². The summed E-state index contributed by atoms with van der Waals surface area (Å²) in [4.78, 5) is 2.39. The zero-order chi connectivity index (χ0) is 14.6. The van der Waals surface area contributed by atoms with Crippen molar-refractivity contribution >= 4 is 5.69 Å². The molecular formula is C17H30N2. The fourth-order valence-corrected chi connectivity index (χ4v) is 2.32. The third-order valence-electron chi connectivity index (χ3n) is 4.20. The van der Waals surface area contributed by atoms with Crippen molar-refractivity contribution in [2.24, 2.45) is 11.7 Å². The molecule has 1 aromatic carbocycles. The highest BCUT2D eigenvalue weighted by atomic mass is 15.1. The van der Waals surface area contributed by atoms with Crippen LogP contribution in [0.3, 0.4) is 0 Å². The number of rotatable bonds is 6. The summed E-state index contributed by atoms with van der Waals surface area (Å²) >= 11 is 0. The van der Waals surface area contributed by atoms with Gasteiger partial charge in [0.25, 0.3) is 0 Å². The van der Waals surface area contributed by atoms with E-state index in [9.17, 15) is 0 Å². The van der Waals surface area contributed by atoms with Crippen molar-refractivity contribution in [1.29, 1.82) is 0 Å². The summed E-state index contributed by atoms with van der Waals surface area (Å²) < 4.78 is 0. The van der Waals surface area contributed by atoms with Crippen LogP contribution >= 0.6 is 0 Å². The predicted molar refractivity (Wildman–Crippen MR) is 85.9 cm³/mol. The van der Waals surface area contributed by atoms with E-state index >= 15 is 0 Å². The second-order valence-electron chi connectivity index (χ2n) is 6.10. The van der Waals surface area contributed by atoms with Gasteiger partial charge < -0.3 is 10.6 Å². The van der Waals surface area contributed by atoms with Crippen LogP contribution in [0.5, 0.6) is 0 Å². The third kappa shape index (κ3) is 4.24. The molecule has 0 fully saturated rings. The van der Waals surface area contributed by atoms with E-state index in [-0.39, 0.29) is 6.04 Å². The minimum Gasteiger partial charge on any atom is -0.371 e. The summed E-state index contributed by atoms with van der Waals surface area (Å²) in [6.07, 6.45) is 1.99. The molecule has 1 rings (SSSR count). The zero-order valence-electron chi connectivity index (χ0n) is 13.4. The van der Waals surface area contributed by atoms with Gasteiger partial charge in [0.2, 0.25) is 0 Å². The molecule has 0 aliphatic heterocycles. The maximum absolute atomic E-state index is 6.14. The Morgan fingerprint density at radius 1 is 1.21 bits per heavy atom. The largest absolute Gasteiger partial charge is 0.371 e. The molecule has 1 aromatic rings. The first kappa shape index (κ1) is 16.0. The van der Waals surface area contributed by atoms with Crippen molar-refractivity contribution in [2.75, 3.05) is 11.9 Å². The molecule has 2 nitrogen and oxygen atoms in total. The van der Waals surface area contributed by atoms with Crippen molar-refractivity contribution in [3.8, 4) is 0 Å². The fourth-order valence-electron chi connectivity index (χ4n) is 2.32. The van der Waals surface area contributed by atoms with E-state index in [1.165, 1.54) is 16.8 Å². The van der Waals surface area contributed by atoms with Crippen LogP contribution in [0, 0.1) is 12.8 Å². The van der Waals surface area contributed by atoms with E-state index in [4.69, 9.17) is 5.73 Å².